The number of rotatable bonds is 5. The summed E-state index contributed by atoms with van der Waals surface area (Å²) >= 11 is 1.69. The van der Waals surface area contributed by atoms with Crippen LogP contribution in [0.25, 0.3) is 0 Å². The molecule has 2 aromatic rings. The van der Waals surface area contributed by atoms with Crippen molar-refractivity contribution >= 4 is 11.3 Å². The topological polar surface area (TPSA) is 68.8 Å². The molecule has 1 unspecified atom stereocenters. The van der Waals surface area contributed by atoms with Crippen LogP contribution in [-0.4, -0.2) is 14.8 Å². The Kier molecular flexibility index (Phi) is 4.67. The number of nitrogens with one attached hydrogen (secondary N) is 1. The highest BCUT2D eigenvalue weighted by molar-refractivity contribution is 7.11. The minimum absolute atomic E-state index is 0.0888. The summed E-state index contributed by atoms with van der Waals surface area (Å²) in [5, 5.41) is 5.83. The standard InChI is InChI=1S/C15H23N5S/c1-11-17-10-15(21-11)14(18-16)9-12-7-8-20(19-12)13-5-3-2-4-6-13/h7-8,10,13-14,18H,2-6,9,16H2,1H3. The van der Waals surface area contributed by atoms with E-state index in [0.717, 1.165) is 17.1 Å². The third kappa shape index (κ3) is 3.51. The van der Waals surface area contributed by atoms with E-state index >= 15 is 0 Å². The first-order valence-electron chi connectivity index (χ1n) is 7.69. The molecule has 1 fully saturated rings. The van der Waals surface area contributed by atoms with Crippen molar-refractivity contribution in [3.63, 3.8) is 0 Å². The zero-order valence-electron chi connectivity index (χ0n) is 12.5. The molecule has 6 heteroatoms. The molecule has 114 valence electrons. The van der Waals surface area contributed by atoms with E-state index in [2.05, 4.69) is 27.4 Å². The molecule has 0 spiro atoms. The second-order valence-corrected chi connectivity index (χ2v) is 7.05. The minimum atomic E-state index is 0.0888. The molecule has 1 saturated carbocycles. The summed E-state index contributed by atoms with van der Waals surface area (Å²) < 4.78 is 2.15. The van der Waals surface area contributed by atoms with Crippen LogP contribution in [0.1, 0.15) is 59.8 Å². The van der Waals surface area contributed by atoms with Gasteiger partial charge in [0.15, 0.2) is 0 Å². The van der Waals surface area contributed by atoms with Crippen LogP contribution in [0.3, 0.4) is 0 Å². The van der Waals surface area contributed by atoms with Gasteiger partial charge in [0, 0.05) is 23.7 Å². The molecule has 1 aliphatic rings. The summed E-state index contributed by atoms with van der Waals surface area (Å²) in [5.74, 6) is 5.71. The highest BCUT2D eigenvalue weighted by Crippen LogP contribution is 2.28. The first-order chi connectivity index (χ1) is 10.3. The maximum absolute atomic E-state index is 5.71. The van der Waals surface area contributed by atoms with Crippen LogP contribution < -0.4 is 11.3 Å². The maximum atomic E-state index is 5.71. The number of nitrogens with zero attached hydrogens (tertiary/aromatic N) is 3. The number of nitrogens with two attached hydrogens (primary N) is 1. The summed E-state index contributed by atoms with van der Waals surface area (Å²) in [7, 11) is 0. The normalized spacial score (nSPS) is 18.0. The molecule has 5 nitrogen and oxygen atoms in total. The Morgan fingerprint density at radius 2 is 2.24 bits per heavy atom. The summed E-state index contributed by atoms with van der Waals surface area (Å²) in [6.07, 6.45) is 11.4. The molecule has 3 rings (SSSR count). The molecule has 21 heavy (non-hydrogen) atoms. The van der Waals surface area contributed by atoms with Gasteiger partial charge in [0.1, 0.15) is 0 Å². The Hall–Kier alpha value is -1.24. The van der Waals surface area contributed by atoms with Gasteiger partial charge < -0.3 is 0 Å². The molecule has 2 aromatic heterocycles. The number of aryl methyl sites for hydroxylation is 1. The van der Waals surface area contributed by atoms with Crippen molar-refractivity contribution in [1.82, 2.24) is 20.2 Å². The Bertz CT molecular complexity index is 570. The molecule has 0 amide bonds. The molecular formula is C15H23N5S. The minimum Gasteiger partial charge on any atom is -0.271 e. The summed E-state index contributed by atoms with van der Waals surface area (Å²) in [4.78, 5) is 5.47. The van der Waals surface area contributed by atoms with Crippen molar-refractivity contribution in [3.05, 3.63) is 34.0 Å². The number of aromatic nitrogens is 3. The smallest absolute Gasteiger partial charge is 0.0897 e. The largest absolute Gasteiger partial charge is 0.271 e. The van der Waals surface area contributed by atoms with Crippen molar-refractivity contribution in [2.45, 2.75) is 57.5 Å². The average Bonchev–Trinajstić information content (AvgIpc) is 3.15. The molecule has 0 aliphatic heterocycles. The van der Waals surface area contributed by atoms with E-state index in [4.69, 9.17) is 10.9 Å². The fourth-order valence-corrected chi connectivity index (χ4v) is 3.87. The number of hydrogen-bond donors (Lipinski definition) is 2. The molecule has 0 saturated heterocycles. The van der Waals surface area contributed by atoms with E-state index < -0.39 is 0 Å². The van der Waals surface area contributed by atoms with Crippen LogP contribution in [0, 0.1) is 6.92 Å². The predicted molar refractivity (Wildman–Crippen MR) is 85.0 cm³/mol. The van der Waals surface area contributed by atoms with Gasteiger partial charge in [-0.25, -0.2) is 4.98 Å². The highest BCUT2D eigenvalue weighted by atomic mass is 32.1. The quantitative estimate of drug-likeness (QED) is 0.658. The van der Waals surface area contributed by atoms with Gasteiger partial charge >= 0.3 is 0 Å². The number of hydrogen-bond acceptors (Lipinski definition) is 5. The van der Waals surface area contributed by atoms with Crippen molar-refractivity contribution in [3.8, 4) is 0 Å². The van der Waals surface area contributed by atoms with Gasteiger partial charge in [-0.1, -0.05) is 19.3 Å². The Balaban J connectivity index is 1.68. The predicted octanol–water partition coefficient (Wildman–Crippen LogP) is 2.90. The van der Waals surface area contributed by atoms with E-state index in [1.165, 1.54) is 37.0 Å². The summed E-state index contributed by atoms with van der Waals surface area (Å²) in [5.41, 5.74) is 3.98. The second kappa shape index (κ2) is 6.68. The number of thiazole rings is 1. The fraction of sp³-hybridized carbons (Fsp3) is 0.600. The Morgan fingerprint density at radius 1 is 1.43 bits per heavy atom. The highest BCUT2D eigenvalue weighted by Gasteiger charge is 2.18. The lowest BCUT2D eigenvalue weighted by Crippen LogP contribution is -2.29. The van der Waals surface area contributed by atoms with Crippen LogP contribution in [0.5, 0.6) is 0 Å². The molecule has 1 aliphatic carbocycles. The van der Waals surface area contributed by atoms with Crippen molar-refractivity contribution in [2.24, 2.45) is 5.84 Å². The molecule has 0 radical (unpaired) electrons. The third-order valence-corrected chi connectivity index (χ3v) is 5.24. The van der Waals surface area contributed by atoms with Crippen molar-refractivity contribution in [2.75, 3.05) is 0 Å². The Labute approximate surface area is 129 Å². The van der Waals surface area contributed by atoms with E-state index in [0.29, 0.717) is 6.04 Å². The van der Waals surface area contributed by atoms with Gasteiger partial charge in [-0.3, -0.25) is 16.0 Å². The van der Waals surface area contributed by atoms with Crippen molar-refractivity contribution < 1.29 is 0 Å². The fourth-order valence-electron chi connectivity index (χ4n) is 3.02. The van der Waals surface area contributed by atoms with Crippen LogP contribution in [0.4, 0.5) is 0 Å². The van der Waals surface area contributed by atoms with Crippen LogP contribution in [0.2, 0.25) is 0 Å². The second-order valence-electron chi connectivity index (χ2n) is 5.78. The summed E-state index contributed by atoms with van der Waals surface area (Å²) in [6, 6.07) is 2.79. The lowest BCUT2D eigenvalue weighted by Gasteiger charge is -2.21. The summed E-state index contributed by atoms with van der Waals surface area (Å²) in [6.45, 7) is 2.01. The van der Waals surface area contributed by atoms with E-state index in [1.807, 2.05) is 13.1 Å². The molecule has 1 atom stereocenters. The molecule has 2 heterocycles. The lowest BCUT2D eigenvalue weighted by atomic mass is 9.96. The SMILES string of the molecule is Cc1ncc(C(Cc2ccn(C3CCCCC3)n2)NN)s1. The first kappa shape index (κ1) is 14.7. The monoisotopic (exact) mass is 305 g/mol. The van der Waals surface area contributed by atoms with Crippen LogP contribution in [0.15, 0.2) is 18.5 Å². The zero-order valence-corrected chi connectivity index (χ0v) is 13.3. The van der Waals surface area contributed by atoms with Gasteiger partial charge in [0.05, 0.1) is 22.8 Å². The van der Waals surface area contributed by atoms with Crippen LogP contribution in [-0.2, 0) is 6.42 Å². The molecule has 0 aromatic carbocycles. The Morgan fingerprint density at radius 3 is 2.90 bits per heavy atom. The van der Waals surface area contributed by atoms with Gasteiger partial charge in [0.25, 0.3) is 0 Å². The van der Waals surface area contributed by atoms with Gasteiger partial charge in [0.2, 0.25) is 0 Å². The van der Waals surface area contributed by atoms with Gasteiger partial charge in [-0.15, -0.1) is 11.3 Å². The third-order valence-electron chi connectivity index (χ3n) is 4.21. The molecule has 0 bridgehead atoms. The van der Waals surface area contributed by atoms with Crippen LogP contribution >= 0.6 is 11.3 Å². The van der Waals surface area contributed by atoms with E-state index in [1.54, 1.807) is 11.3 Å². The average molecular weight is 305 g/mol. The number of hydrazine groups is 1. The van der Waals surface area contributed by atoms with Gasteiger partial charge in [-0.05, 0) is 25.8 Å². The van der Waals surface area contributed by atoms with Gasteiger partial charge in [-0.2, -0.15) is 5.10 Å². The van der Waals surface area contributed by atoms with E-state index in [9.17, 15) is 0 Å². The molecular weight excluding hydrogens is 282 g/mol. The van der Waals surface area contributed by atoms with Crippen molar-refractivity contribution in [1.29, 1.82) is 0 Å². The molecule has 3 N–H and O–H groups in total. The van der Waals surface area contributed by atoms with E-state index in [-0.39, 0.29) is 6.04 Å². The first-order valence-corrected chi connectivity index (χ1v) is 8.50. The maximum Gasteiger partial charge on any atom is 0.0897 e. The lowest BCUT2D eigenvalue weighted by molar-refractivity contribution is 0.327. The zero-order chi connectivity index (χ0) is 14.7.